The van der Waals surface area contributed by atoms with Crippen LogP contribution in [0.15, 0.2) is 11.6 Å². The highest BCUT2D eigenvalue weighted by molar-refractivity contribution is 5.90. The lowest BCUT2D eigenvalue weighted by Gasteiger charge is -2.61. The van der Waals surface area contributed by atoms with Gasteiger partial charge in [-0.15, -0.1) is 0 Å². The molecular weight excluding hydrogens is 348 g/mol. The van der Waals surface area contributed by atoms with Crippen LogP contribution in [0.3, 0.4) is 0 Å². The van der Waals surface area contributed by atoms with Crippen molar-refractivity contribution >= 4 is 11.9 Å². The summed E-state index contributed by atoms with van der Waals surface area (Å²) in [7, 11) is 1.43. The maximum atomic E-state index is 12.6. The summed E-state index contributed by atoms with van der Waals surface area (Å²) in [5.41, 5.74) is -1.43. The first kappa shape index (κ1) is 20.3. The molecule has 3 aliphatic rings. The fourth-order valence-corrected chi connectivity index (χ4v) is 6.32. The molecule has 0 bridgehead atoms. The van der Waals surface area contributed by atoms with Crippen LogP contribution in [0.25, 0.3) is 0 Å². The van der Waals surface area contributed by atoms with Gasteiger partial charge in [-0.05, 0) is 68.8 Å². The van der Waals surface area contributed by atoms with Gasteiger partial charge in [0.05, 0.1) is 24.7 Å². The highest BCUT2D eigenvalue weighted by Crippen LogP contribution is 2.63. The zero-order chi connectivity index (χ0) is 19.9. The summed E-state index contributed by atoms with van der Waals surface area (Å²) in [6.45, 7) is 4.13. The van der Waals surface area contributed by atoms with E-state index in [1.165, 1.54) is 7.11 Å². The third kappa shape index (κ3) is 3.21. The van der Waals surface area contributed by atoms with Crippen molar-refractivity contribution < 1.29 is 29.3 Å². The minimum absolute atomic E-state index is 0.0764. The van der Waals surface area contributed by atoms with Gasteiger partial charge in [-0.1, -0.05) is 13.3 Å². The predicted octanol–water partition coefficient (Wildman–Crippen LogP) is 2.37. The molecule has 5 atom stereocenters. The molecule has 0 amide bonds. The monoisotopic (exact) mass is 380 g/mol. The van der Waals surface area contributed by atoms with Gasteiger partial charge in [-0.3, -0.25) is 4.79 Å². The lowest BCUT2D eigenvalue weighted by atomic mass is 9.44. The lowest BCUT2D eigenvalue weighted by Crippen LogP contribution is -2.61. The number of aliphatic hydroxyl groups is 2. The summed E-state index contributed by atoms with van der Waals surface area (Å²) in [6.07, 6.45) is 6.57. The fraction of sp³-hybridized carbons (Fsp3) is 0.810. The van der Waals surface area contributed by atoms with Crippen molar-refractivity contribution in [1.29, 1.82) is 0 Å². The van der Waals surface area contributed by atoms with E-state index in [0.29, 0.717) is 37.9 Å². The Labute approximate surface area is 160 Å². The van der Waals surface area contributed by atoms with E-state index in [-0.39, 0.29) is 35.8 Å². The maximum Gasteiger partial charge on any atom is 0.334 e. The molecule has 6 nitrogen and oxygen atoms in total. The highest BCUT2D eigenvalue weighted by Gasteiger charge is 2.62. The summed E-state index contributed by atoms with van der Waals surface area (Å²) in [5, 5.41) is 21.3. The number of cyclic esters (lactones) is 1. The molecular formula is C21H32O6. The van der Waals surface area contributed by atoms with Crippen molar-refractivity contribution in [3.8, 4) is 0 Å². The van der Waals surface area contributed by atoms with E-state index in [1.807, 2.05) is 6.92 Å². The Morgan fingerprint density at radius 3 is 2.67 bits per heavy atom. The second-order valence-electron chi connectivity index (χ2n) is 9.04. The molecule has 1 aliphatic heterocycles. The molecule has 0 unspecified atom stereocenters. The molecule has 152 valence electrons. The van der Waals surface area contributed by atoms with Crippen molar-refractivity contribution in [2.75, 3.05) is 20.3 Å². The van der Waals surface area contributed by atoms with Crippen LogP contribution in [-0.2, 0) is 19.1 Å². The third-order valence-electron chi connectivity index (χ3n) is 7.72. The van der Waals surface area contributed by atoms with Gasteiger partial charge in [0, 0.05) is 5.57 Å². The molecule has 0 spiro atoms. The van der Waals surface area contributed by atoms with Gasteiger partial charge < -0.3 is 19.7 Å². The first-order valence-corrected chi connectivity index (χ1v) is 9.99. The quantitative estimate of drug-likeness (QED) is 0.712. The summed E-state index contributed by atoms with van der Waals surface area (Å²) < 4.78 is 10.1. The summed E-state index contributed by atoms with van der Waals surface area (Å²) in [5.74, 6) is -0.600. The predicted molar refractivity (Wildman–Crippen MR) is 98.6 cm³/mol. The molecule has 3 rings (SSSR count). The van der Waals surface area contributed by atoms with E-state index in [9.17, 15) is 19.8 Å². The van der Waals surface area contributed by atoms with Crippen LogP contribution in [0.1, 0.15) is 58.8 Å². The van der Waals surface area contributed by atoms with Crippen LogP contribution in [0, 0.1) is 22.7 Å². The second kappa shape index (κ2) is 7.21. The zero-order valence-electron chi connectivity index (χ0n) is 16.6. The zero-order valence-corrected chi connectivity index (χ0v) is 16.6. The van der Waals surface area contributed by atoms with Gasteiger partial charge in [0.25, 0.3) is 0 Å². The average molecular weight is 380 g/mol. The summed E-state index contributed by atoms with van der Waals surface area (Å²) in [4.78, 5) is 24.4. The Morgan fingerprint density at radius 1 is 1.33 bits per heavy atom. The van der Waals surface area contributed by atoms with Gasteiger partial charge in [-0.25, -0.2) is 4.79 Å². The maximum absolute atomic E-state index is 12.6. The molecule has 0 aromatic heterocycles. The smallest absolute Gasteiger partial charge is 0.334 e. The molecule has 0 radical (unpaired) electrons. The largest absolute Gasteiger partial charge is 0.469 e. The van der Waals surface area contributed by atoms with E-state index in [2.05, 4.69) is 6.92 Å². The van der Waals surface area contributed by atoms with Crippen molar-refractivity contribution in [2.45, 2.75) is 64.4 Å². The van der Waals surface area contributed by atoms with E-state index >= 15 is 0 Å². The topological polar surface area (TPSA) is 93.1 Å². The Balaban J connectivity index is 1.92. The Hall–Kier alpha value is -1.40. The van der Waals surface area contributed by atoms with Crippen molar-refractivity contribution in [3.63, 3.8) is 0 Å². The van der Waals surface area contributed by atoms with Crippen LogP contribution in [0.2, 0.25) is 0 Å². The van der Waals surface area contributed by atoms with E-state index in [1.54, 1.807) is 6.08 Å². The number of carbonyl (C=O) groups excluding carboxylic acids is 2. The number of esters is 2. The SMILES string of the molecule is COC(=O)[C@@]1(C)CCC[C@@]2(C)[C@H]1CC[C@](O)(CO)[C@@H]2CCC1=CCOC1=O. The normalized spacial score (nSPS) is 41.5. The Kier molecular flexibility index (Phi) is 5.43. The number of carbonyl (C=O) groups is 2. The van der Waals surface area contributed by atoms with Gasteiger partial charge in [0.2, 0.25) is 0 Å². The minimum Gasteiger partial charge on any atom is -0.469 e. The molecule has 6 heteroatoms. The van der Waals surface area contributed by atoms with Crippen LogP contribution in [-0.4, -0.2) is 48.1 Å². The number of ether oxygens (including phenoxy) is 2. The van der Waals surface area contributed by atoms with E-state index in [4.69, 9.17) is 9.47 Å². The van der Waals surface area contributed by atoms with Crippen LogP contribution >= 0.6 is 0 Å². The Morgan fingerprint density at radius 2 is 2.07 bits per heavy atom. The number of aliphatic hydroxyl groups excluding tert-OH is 1. The highest BCUT2D eigenvalue weighted by atomic mass is 16.5. The number of hydrogen-bond acceptors (Lipinski definition) is 6. The average Bonchev–Trinajstić information content (AvgIpc) is 3.05. The number of fused-ring (bicyclic) bond motifs is 1. The molecule has 2 aliphatic carbocycles. The summed E-state index contributed by atoms with van der Waals surface area (Å²) in [6, 6.07) is 0. The van der Waals surface area contributed by atoms with Crippen molar-refractivity contribution in [3.05, 3.63) is 11.6 Å². The minimum atomic E-state index is -1.19. The van der Waals surface area contributed by atoms with E-state index in [0.717, 1.165) is 19.3 Å². The van der Waals surface area contributed by atoms with Crippen LogP contribution in [0.5, 0.6) is 0 Å². The standard InChI is InChI=1S/C21H32O6/c1-19-9-4-10-20(2,18(24)26-3)15(19)7-11-21(25,13-22)16(19)6-5-14-8-12-27-17(14)23/h8,15-16,22,25H,4-7,9-13H2,1-3H3/t15-,16-,19+,20+,21+/m1/s1. The molecule has 2 fully saturated rings. The molecule has 27 heavy (non-hydrogen) atoms. The number of hydrogen-bond donors (Lipinski definition) is 2. The molecule has 1 heterocycles. The first-order valence-electron chi connectivity index (χ1n) is 9.99. The molecule has 0 aromatic rings. The van der Waals surface area contributed by atoms with Gasteiger partial charge >= 0.3 is 11.9 Å². The van der Waals surface area contributed by atoms with Crippen LogP contribution < -0.4 is 0 Å². The van der Waals surface area contributed by atoms with E-state index < -0.39 is 11.0 Å². The second-order valence-corrected chi connectivity index (χ2v) is 9.04. The summed E-state index contributed by atoms with van der Waals surface area (Å²) >= 11 is 0. The first-order chi connectivity index (χ1) is 12.7. The van der Waals surface area contributed by atoms with Crippen LogP contribution in [0.4, 0.5) is 0 Å². The lowest BCUT2D eigenvalue weighted by molar-refractivity contribution is -0.204. The molecule has 0 aromatic carbocycles. The number of methoxy groups -OCH3 is 1. The van der Waals surface area contributed by atoms with Crippen molar-refractivity contribution in [1.82, 2.24) is 0 Å². The number of rotatable bonds is 5. The third-order valence-corrected chi connectivity index (χ3v) is 7.72. The molecule has 2 N–H and O–H groups in total. The Bertz CT molecular complexity index is 643. The van der Waals surface area contributed by atoms with Gasteiger partial charge in [0.15, 0.2) is 0 Å². The van der Waals surface area contributed by atoms with Gasteiger partial charge in [0.1, 0.15) is 6.61 Å². The fourth-order valence-electron chi connectivity index (χ4n) is 6.32. The molecule has 2 saturated carbocycles. The van der Waals surface area contributed by atoms with Crippen molar-refractivity contribution in [2.24, 2.45) is 22.7 Å². The molecule has 0 saturated heterocycles. The van der Waals surface area contributed by atoms with Gasteiger partial charge in [-0.2, -0.15) is 0 Å².